The Bertz CT molecular complexity index is 717. The Morgan fingerprint density at radius 2 is 2.22 bits per heavy atom. The van der Waals surface area contributed by atoms with Crippen molar-refractivity contribution in [2.75, 3.05) is 6.54 Å². The maximum atomic E-state index is 13.7. The first-order valence-electron chi connectivity index (χ1n) is 7.51. The molecule has 0 saturated heterocycles. The molecule has 0 bridgehead atoms. The van der Waals surface area contributed by atoms with Gasteiger partial charge in [0.05, 0.1) is 17.9 Å². The molecule has 1 aliphatic rings. The molecule has 3 rings (SSSR count). The third kappa shape index (κ3) is 3.39. The zero-order chi connectivity index (χ0) is 16.4. The third-order valence-electron chi connectivity index (χ3n) is 4.15. The van der Waals surface area contributed by atoms with Gasteiger partial charge in [0.15, 0.2) is 5.82 Å². The summed E-state index contributed by atoms with van der Waals surface area (Å²) in [6.45, 7) is 0.399. The standard InChI is InChI=1S/C16H17F2N3O2/c17-12-4-5-14(13(18)6-12)21-9-11(8-20-21)16(23)19-7-10-2-1-3-15(10)22/h4-6,8-10,15,22H,1-3,7H2,(H,19,23). The number of nitrogens with zero attached hydrogens (tertiary/aromatic N) is 2. The summed E-state index contributed by atoms with van der Waals surface area (Å²) in [6.07, 6.45) is 4.96. The molecule has 122 valence electrons. The first kappa shape index (κ1) is 15.6. The van der Waals surface area contributed by atoms with Crippen molar-refractivity contribution in [2.24, 2.45) is 5.92 Å². The highest BCUT2D eigenvalue weighted by Crippen LogP contribution is 2.24. The van der Waals surface area contributed by atoms with Crippen LogP contribution in [-0.2, 0) is 0 Å². The zero-order valence-corrected chi connectivity index (χ0v) is 12.4. The Labute approximate surface area is 131 Å². The van der Waals surface area contributed by atoms with Crippen LogP contribution < -0.4 is 5.32 Å². The number of carbonyl (C=O) groups is 1. The molecule has 2 atom stereocenters. The quantitative estimate of drug-likeness (QED) is 0.905. The summed E-state index contributed by atoms with van der Waals surface area (Å²) in [4.78, 5) is 12.1. The SMILES string of the molecule is O=C(NCC1CCCC1O)c1cnn(-c2ccc(F)cc2F)c1. The fourth-order valence-corrected chi connectivity index (χ4v) is 2.82. The number of halogens is 2. The van der Waals surface area contributed by atoms with Gasteiger partial charge in [0.25, 0.3) is 5.91 Å². The Balaban J connectivity index is 1.67. The number of nitrogens with one attached hydrogen (secondary N) is 1. The topological polar surface area (TPSA) is 67.2 Å². The first-order valence-corrected chi connectivity index (χ1v) is 7.51. The predicted octanol–water partition coefficient (Wildman–Crippen LogP) is 2.04. The Kier molecular flexibility index (Phi) is 4.38. The molecule has 1 fully saturated rings. The van der Waals surface area contributed by atoms with Crippen LogP contribution >= 0.6 is 0 Å². The van der Waals surface area contributed by atoms with E-state index in [-0.39, 0.29) is 29.2 Å². The van der Waals surface area contributed by atoms with Crippen molar-refractivity contribution in [3.63, 3.8) is 0 Å². The number of aliphatic hydroxyl groups is 1. The minimum Gasteiger partial charge on any atom is -0.393 e. The molecule has 0 spiro atoms. The zero-order valence-electron chi connectivity index (χ0n) is 12.4. The summed E-state index contributed by atoms with van der Waals surface area (Å²) in [5.41, 5.74) is 0.345. The minimum absolute atomic E-state index is 0.0664. The van der Waals surface area contributed by atoms with Gasteiger partial charge in [-0.15, -0.1) is 0 Å². The van der Waals surface area contributed by atoms with E-state index in [1.54, 1.807) is 0 Å². The largest absolute Gasteiger partial charge is 0.393 e. The normalized spacial score (nSPS) is 20.7. The van der Waals surface area contributed by atoms with E-state index in [1.807, 2.05) is 0 Å². The van der Waals surface area contributed by atoms with Gasteiger partial charge < -0.3 is 10.4 Å². The van der Waals surface area contributed by atoms with Gasteiger partial charge in [-0.1, -0.05) is 6.42 Å². The fourth-order valence-electron chi connectivity index (χ4n) is 2.82. The maximum absolute atomic E-state index is 13.7. The minimum atomic E-state index is -0.755. The molecule has 1 saturated carbocycles. The molecule has 23 heavy (non-hydrogen) atoms. The molecule has 1 heterocycles. The lowest BCUT2D eigenvalue weighted by molar-refractivity contribution is 0.0917. The number of aliphatic hydroxyl groups excluding tert-OH is 1. The summed E-state index contributed by atoms with van der Waals surface area (Å²) >= 11 is 0. The molecular formula is C16H17F2N3O2. The molecular weight excluding hydrogens is 304 g/mol. The van der Waals surface area contributed by atoms with Crippen LogP contribution in [-0.4, -0.2) is 33.4 Å². The predicted molar refractivity (Wildman–Crippen MR) is 79.2 cm³/mol. The number of hydrogen-bond donors (Lipinski definition) is 2. The number of hydrogen-bond acceptors (Lipinski definition) is 3. The van der Waals surface area contributed by atoms with Crippen LogP contribution in [0.25, 0.3) is 5.69 Å². The van der Waals surface area contributed by atoms with Crippen molar-refractivity contribution < 1.29 is 18.7 Å². The summed E-state index contributed by atoms with van der Waals surface area (Å²) in [7, 11) is 0. The maximum Gasteiger partial charge on any atom is 0.254 e. The van der Waals surface area contributed by atoms with Crippen LogP contribution in [0.2, 0.25) is 0 Å². The van der Waals surface area contributed by atoms with Crippen LogP contribution in [0.3, 0.4) is 0 Å². The van der Waals surface area contributed by atoms with Gasteiger partial charge in [0, 0.05) is 24.7 Å². The Hall–Kier alpha value is -2.28. The van der Waals surface area contributed by atoms with E-state index in [0.717, 1.165) is 31.4 Å². The van der Waals surface area contributed by atoms with Gasteiger partial charge >= 0.3 is 0 Å². The van der Waals surface area contributed by atoms with Crippen LogP contribution in [0.1, 0.15) is 29.6 Å². The number of amides is 1. The van der Waals surface area contributed by atoms with E-state index in [1.165, 1.54) is 23.1 Å². The van der Waals surface area contributed by atoms with Gasteiger partial charge in [0.2, 0.25) is 0 Å². The van der Waals surface area contributed by atoms with Crippen LogP contribution in [0, 0.1) is 17.6 Å². The number of benzene rings is 1. The molecule has 2 unspecified atom stereocenters. The van der Waals surface area contributed by atoms with Crippen molar-refractivity contribution >= 4 is 5.91 Å². The molecule has 7 heteroatoms. The van der Waals surface area contributed by atoms with Gasteiger partial charge in [0.1, 0.15) is 11.5 Å². The average Bonchev–Trinajstić information content (AvgIpc) is 3.14. The fraction of sp³-hybridized carbons (Fsp3) is 0.375. The lowest BCUT2D eigenvalue weighted by atomic mass is 10.1. The van der Waals surface area contributed by atoms with Crippen molar-refractivity contribution in [1.29, 1.82) is 0 Å². The smallest absolute Gasteiger partial charge is 0.254 e. The van der Waals surface area contributed by atoms with E-state index in [4.69, 9.17) is 0 Å². The Morgan fingerprint density at radius 1 is 1.39 bits per heavy atom. The van der Waals surface area contributed by atoms with Gasteiger partial charge in [-0.05, 0) is 25.0 Å². The molecule has 0 aliphatic heterocycles. The van der Waals surface area contributed by atoms with Gasteiger partial charge in [-0.25, -0.2) is 13.5 Å². The second-order valence-electron chi connectivity index (χ2n) is 5.74. The summed E-state index contributed by atoms with van der Waals surface area (Å²) in [5, 5.41) is 16.4. The van der Waals surface area contributed by atoms with E-state index < -0.39 is 11.6 Å². The van der Waals surface area contributed by atoms with Crippen molar-refractivity contribution in [3.8, 4) is 5.69 Å². The van der Waals surface area contributed by atoms with Gasteiger partial charge in [-0.2, -0.15) is 5.10 Å². The summed E-state index contributed by atoms with van der Waals surface area (Å²) < 4.78 is 27.8. The number of aromatic nitrogens is 2. The molecule has 1 aliphatic carbocycles. The molecule has 1 aromatic heterocycles. The highest BCUT2D eigenvalue weighted by molar-refractivity contribution is 5.93. The lowest BCUT2D eigenvalue weighted by Crippen LogP contribution is -2.32. The van der Waals surface area contributed by atoms with Crippen molar-refractivity contribution in [2.45, 2.75) is 25.4 Å². The first-order chi connectivity index (χ1) is 11.0. The molecule has 0 radical (unpaired) electrons. The molecule has 2 N–H and O–H groups in total. The highest BCUT2D eigenvalue weighted by Gasteiger charge is 2.25. The number of rotatable bonds is 4. The monoisotopic (exact) mass is 321 g/mol. The van der Waals surface area contributed by atoms with E-state index in [2.05, 4.69) is 10.4 Å². The van der Waals surface area contributed by atoms with Crippen LogP contribution in [0.15, 0.2) is 30.6 Å². The van der Waals surface area contributed by atoms with Crippen LogP contribution in [0.4, 0.5) is 8.78 Å². The molecule has 1 aromatic carbocycles. The third-order valence-corrected chi connectivity index (χ3v) is 4.15. The van der Waals surface area contributed by atoms with Crippen molar-refractivity contribution in [1.82, 2.24) is 15.1 Å². The summed E-state index contributed by atoms with van der Waals surface area (Å²) in [5.74, 6) is -1.69. The second-order valence-corrected chi connectivity index (χ2v) is 5.74. The van der Waals surface area contributed by atoms with E-state index in [9.17, 15) is 18.7 Å². The van der Waals surface area contributed by atoms with E-state index in [0.29, 0.717) is 6.54 Å². The number of carbonyl (C=O) groups excluding carboxylic acids is 1. The highest BCUT2D eigenvalue weighted by atomic mass is 19.1. The average molecular weight is 321 g/mol. The molecule has 2 aromatic rings. The summed E-state index contributed by atoms with van der Waals surface area (Å²) in [6, 6.07) is 3.15. The second kappa shape index (κ2) is 6.45. The van der Waals surface area contributed by atoms with Crippen LogP contribution in [0.5, 0.6) is 0 Å². The molecule has 5 nitrogen and oxygen atoms in total. The molecule has 1 amide bonds. The lowest BCUT2D eigenvalue weighted by Gasteiger charge is -2.14. The van der Waals surface area contributed by atoms with Gasteiger partial charge in [-0.3, -0.25) is 4.79 Å². The van der Waals surface area contributed by atoms with Crippen molar-refractivity contribution in [3.05, 3.63) is 47.8 Å². The van der Waals surface area contributed by atoms with E-state index >= 15 is 0 Å². The Morgan fingerprint density at radius 3 is 2.91 bits per heavy atom.